The van der Waals surface area contributed by atoms with Gasteiger partial charge in [-0.2, -0.15) is 0 Å². The highest BCUT2D eigenvalue weighted by Crippen LogP contribution is 2.32. The van der Waals surface area contributed by atoms with Crippen LogP contribution in [0.1, 0.15) is 17.2 Å². The largest absolute Gasteiger partial charge is 0.384 e. The van der Waals surface area contributed by atoms with E-state index in [0.717, 1.165) is 22.5 Å². The molecule has 0 bridgehead atoms. The first-order valence-corrected chi connectivity index (χ1v) is 7.95. The second-order valence-electron chi connectivity index (χ2n) is 5.15. The molecule has 0 heterocycles. The summed E-state index contributed by atoms with van der Waals surface area (Å²) in [6.07, 6.45) is -0.706. The lowest BCUT2D eigenvalue weighted by Crippen LogP contribution is -2.03. The summed E-state index contributed by atoms with van der Waals surface area (Å²) in [5.74, 6) is 0. The quantitative estimate of drug-likeness (QED) is 0.625. The van der Waals surface area contributed by atoms with Crippen molar-refractivity contribution in [1.29, 1.82) is 0 Å². The summed E-state index contributed by atoms with van der Waals surface area (Å²) < 4.78 is 0. The summed E-state index contributed by atoms with van der Waals surface area (Å²) in [5, 5.41) is 14.9. The first kappa shape index (κ1) is 15.9. The summed E-state index contributed by atoms with van der Waals surface area (Å²) in [5.41, 5.74) is 3.27. The van der Waals surface area contributed by atoms with E-state index >= 15 is 0 Å². The normalized spacial score (nSPS) is 12.0. The Balaban J connectivity index is 1.93. The second kappa shape index (κ2) is 7.05. The van der Waals surface area contributed by atoms with Gasteiger partial charge in [-0.15, -0.1) is 0 Å². The highest BCUT2D eigenvalue weighted by Gasteiger charge is 2.14. The molecule has 0 radical (unpaired) electrons. The molecule has 1 atom stereocenters. The molecule has 0 aromatic heterocycles. The minimum Gasteiger partial charge on any atom is -0.384 e. The molecule has 3 rings (SSSR count). The molecule has 0 spiro atoms. The molecule has 1 unspecified atom stereocenters. The Morgan fingerprint density at radius 2 is 1.48 bits per heavy atom. The first-order valence-electron chi connectivity index (χ1n) is 7.19. The van der Waals surface area contributed by atoms with E-state index in [1.54, 1.807) is 12.1 Å². The van der Waals surface area contributed by atoms with Crippen LogP contribution in [0, 0.1) is 0 Å². The minimum absolute atomic E-state index is 0.484. The van der Waals surface area contributed by atoms with Crippen molar-refractivity contribution < 1.29 is 5.11 Å². The number of para-hydroxylation sites is 1. The third-order valence-corrected chi connectivity index (χ3v) is 4.31. The van der Waals surface area contributed by atoms with Crippen molar-refractivity contribution in [3.05, 3.63) is 94.0 Å². The van der Waals surface area contributed by atoms with E-state index in [9.17, 15) is 5.11 Å². The van der Waals surface area contributed by atoms with Gasteiger partial charge < -0.3 is 10.4 Å². The molecule has 0 amide bonds. The van der Waals surface area contributed by atoms with Crippen LogP contribution in [0.5, 0.6) is 0 Å². The number of rotatable bonds is 4. The lowest BCUT2D eigenvalue weighted by molar-refractivity contribution is 0.221. The number of aliphatic hydroxyl groups excluding tert-OH is 1. The Bertz CT molecular complexity index is 805. The Morgan fingerprint density at radius 3 is 2.22 bits per heavy atom. The predicted molar refractivity (Wildman–Crippen MR) is 96.7 cm³/mol. The molecular formula is C19H15Cl2NO. The molecule has 0 aliphatic heterocycles. The molecule has 3 aromatic rings. The summed E-state index contributed by atoms with van der Waals surface area (Å²) in [6.45, 7) is 0. The van der Waals surface area contributed by atoms with Gasteiger partial charge in [-0.05, 0) is 29.8 Å². The molecule has 0 saturated carbocycles. The smallest absolute Gasteiger partial charge is 0.106 e. The Morgan fingerprint density at radius 1 is 0.783 bits per heavy atom. The zero-order valence-corrected chi connectivity index (χ0v) is 13.7. The Labute approximate surface area is 145 Å². The van der Waals surface area contributed by atoms with Gasteiger partial charge in [-0.1, -0.05) is 71.7 Å². The Kier molecular flexibility index (Phi) is 4.87. The van der Waals surface area contributed by atoms with Gasteiger partial charge in [0.25, 0.3) is 0 Å². The van der Waals surface area contributed by atoms with E-state index in [1.807, 2.05) is 60.7 Å². The van der Waals surface area contributed by atoms with E-state index in [1.165, 1.54) is 0 Å². The molecular weight excluding hydrogens is 329 g/mol. The molecule has 2 N–H and O–H groups in total. The van der Waals surface area contributed by atoms with Gasteiger partial charge in [0.2, 0.25) is 0 Å². The zero-order chi connectivity index (χ0) is 16.2. The van der Waals surface area contributed by atoms with E-state index < -0.39 is 6.10 Å². The zero-order valence-electron chi connectivity index (χ0n) is 12.2. The van der Waals surface area contributed by atoms with Crippen LogP contribution in [-0.4, -0.2) is 5.11 Å². The molecule has 0 aliphatic carbocycles. The van der Waals surface area contributed by atoms with Gasteiger partial charge in [-0.25, -0.2) is 0 Å². The van der Waals surface area contributed by atoms with Gasteiger partial charge in [0.1, 0.15) is 6.10 Å². The average Bonchev–Trinajstić information content (AvgIpc) is 2.59. The van der Waals surface area contributed by atoms with Crippen molar-refractivity contribution in [2.75, 3.05) is 5.32 Å². The van der Waals surface area contributed by atoms with Gasteiger partial charge in [0.05, 0.1) is 10.0 Å². The van der Waals surface area contributed by atoms with Crippen molar-refractivity contribution in [3.8, 4) is 0 Å². The average molecular weight is 344 g/mol. The molecule has 23 heavy (non-hydrogen) atoms. The van der Waals surface area contributed by atoms with Crippen molar-refractivity contribution >= 4 is 34.6 Å². The van der Waals surface area contributed by atoms with Crippen LogP contribution in [0.2, 0.25) is 10.0 Å². The summed E-state index contributed by atoms with van der Waals surface area (Å²) in [6, 6.07) is 22.5. The van der Waals surface area contributed by atoms with Crippen molar-refractivity contribution in [1.82, 2.24) is 0 Å². The molecule has 0 aliphatic rings. The van der Waals surface area contributed by atoms with Crippen LogP contribution in [0.15, 0.2) is 72.8 Å². The highest BCUT2D eigenvalue weighted by atomic mass is 35.5. The van der Waals surface area contributed by atoms with Crippen LogP contribution < -0.4 is 5.32 Å². The van der Waals surface area contributed by atoms with E-state index in [4.69, 9.17) is 23.2 Å². The van der Waals surface area contributed by atoms with Crippen LogP contribution >= 0.6 is 23.2 Å². The highest BCUT2D eigenvalue weighted by molar-refractivity contribution is 6.42. The fourth-order valence-electron chi connectivity index (χ4n) is 2.39. The third-order valence-electron chi connectivity index (χ3n) is 3.57. The van der Waals surface area contributed by atoms with E-state index in [2.05, 4.69) is 5.32 Å². The van der Waals surface area contributed by atoms with Crippen LogP contribution in [0.3, 0.4) is 0 Å². The number of halogens is 2. The molecule has 116 valence electrons. The van der Waals surface area contributed by atoms with Crippen molar-refractivity contribution in [2.45, 2.75) is 6.10 Å². The van der Waals surface area contributed by atoms with E-state index in [0.29, 0.717) is 10.0 Å². The predicted octanol–water partition coefficient (Wildman–Crippen LogP) is 5.82. The van der Waals surface area contributed by atoms with Crippen molar-refractivity contribution in [3.63, 3.8) is 0 Å². The van der Waals surface area contributed by atoms with Gasteiger partial charge in [0, 0.05) is 16.9 Å². The standard InChI is InChI=1S/C19H15Cl2NO/c20-16-11-10-14(12-17(16)21)22-18-9-5-4-8-15(18)19(23)13-6-2-1-3-7-13/h1-12,19,22-23H. The van der Waals surface area contributed by atoms with Crippen molar-refractivity contribution in [2.24, 2.45) is 0 Å². The second-order valence-corrected chi connectivity index (χ2v) is 5.97. The minimum atomic E-state index is -0.706. The lowest BCUT2D eigenvalue weighted by atomic mass is 10.00. The fourth-order valence-corrected chi connectivity index (χ4v) is 2.69. The number of hydrogen-bond donors (Lipinski definition) is 2. The van der Waals surface area contributed by atoms with Gasteiger partial charge >= 0.3 is 0 Å². The maximum atomic E-state index is 10.7. The van der Waals surface area contributed by atoms with Crippen LogP contribution in [0.25, 0.3) is 0 Å². The van der Waals surface area contributed by atoms with Crippen LogP contribution in [0.4, 0.5) is 11.4 Å². The number of anilines is 2. The van der Waals surface area contributed by atoms with Gasteiger partial charge in [0.15, 0.2) is 0 Å². The lowest BCUT2D eigenvalue weighted by Gasteiger charge is -2.17. The summed E-state index contributed by atoms with van der Waals surface area (Å²) in [4.78, 5) is 0. The Hall–Kier alpha value is -2.00. The third kappa shape index (κ3) is 3.67. The SMILES string of the molecule is OC(c1ccccc1)c1ccccc1Nc1ccc(Cl)c(Cl)c1. The molecule has 4 heteroatoms. The van der Waals surface area contributed by atoms with Crippen LogP contribution in [-0.2, 0) is 0 Å². The number of aliphatic hydroxyl groups is 1. The maximum absolute atomic E-state index is 10.7. The topological polar surface area (TPSA) is 32.3 Å². The van der Waals surface area contributed by atoms with E-state index in [-0.39, 0.29) is 0 Å². The fraction of sp³-hybridized carbons (Fsp3) is 0.0526. The molecule has 3 aromatic carbocycles. The first-order chi connectivity index (χ1) is 11.1. The number of nitrogens with one attached hydrogen (secondary N) is 1. The summed E-state index contributed by atoms with van der Waals surface area (Å²) >= 11 is 12.0. The molecule has 0 saturated heterocycles. The maximum Gasteiger partial charge on any atom is 0.106 e. The summed E-state index contributed by atoms with van der Waals surface area (Å²) in [7, 11) is 0. The molecule has 2 nitrogen and oxygen atoms in total. The number of hydrogen-bond acceptors (Lipinski definition) is 2. The van der Waals surface area contributed by atoms with Gasteiger partial charge in [-0.3, -0.25) is 0 Å². The monoisotopic (exact) mass is 343 g/mol. The molecule has 0 fully saturated rings. The number of benzene rings is 3.